The van der Waals surface area contributed by atoms with Crippen molar-refractivity contribution in [2.45, 2.75) is 140 Å². The molecule has 4 aliphatic rings. The van der Waals surface area contributed by atoms with Gasteiger partial charge in [-0.2, -0.15) is 0 Å². The third kappa shape index (κ3) is 7.31. The van der Waals surface area contributed by atoms with Gasteiger partial charge in [-0.15, -0.1) is 11.6 Å². The van der Waals surface area contributed by atoms with Crippen LogP contribution >= 0.6 is 11.6 Å². The summed E-state index contributed by atoms with van der Waals surface area (Å²) in [4.78, 5) is 13.2. The molecule has 4 rings (SSSR count). The zero-order valence-electron chi connectivity index (χ0n) is 20.3. The molecule has 3 aliphatic heterocycles. The number of halogens is 1. The second-order valence-electron chi connectivity index (χ2n) is 11.6. The minimum atomic E-state index is -0.671. The lowest BCUT2D eigenvalue weighted by molar-refractivity contribution is -0.165. The Kier molecular flexibility index (Phi) is 8.38. The van der Waals surface area contributed by atoms with E-state index in [9.17, 15) is 4.79 Å². The molecule has 31 heavy (non-hydrogen) atoms. The second-order valence-corrected chi connectivity index (χ2v) is 11.9. The normalized spacial score (nSPS) is 31.6. The number of nitrogens with one attached hydrogen (secondary N) is 2. The maximum absolute atomic E-state index is 13.2. The molecule has 3 heterocycles. The van der Waals surface area contributed by atoms with Crippen LogP contribution in [0.4, 0.5) is 0 Å². The van der Waals surface area contributed by atoms with Gasteiger partial charge in [0.15, 0.2) is 5.60 Å². The lowest BCUT2D eigenvalue weighted by Crippen LogP contribution is -2.65. The van der Waals surface area contributed by atoms with Gasteiger partial charge in [-0.05, 0) is 53.4 Å². The van der Waals surface area contributed by atoms with Crippen molar-refractivity contribution in [3.8, 4) is 0 Å². The zero-order valence-corrected chi connectivity index (χ0v) is 21.0. The van der Waals surface area contributed by atoms with Gasteiger partial charge in [0.1, 0.15) is 5.72 Å². The first-order chi connectivity index (χ1) is 14.6. The predicted molar refractivity (Wildman–Crippen MR) is 126 cm³/mol. The molecule has 1 saturated carbocycles. The van der Waals surface area contributed by atoms with Gasteiger partial charge < -0.3 is 20.1 Å². The van der Waals surface area contributed by atoms with Crippen molar-refractivity contribution in [3.05, 3.63) is 0 Å². The first kappa shape index (κ1) is 25.3. The number of piperidine rings is 1. The highest BCUT2D eigenvalue weighted by molar-refractivity contribution is 6.18. The topological polar surface area (TPSA) is 62.9 Å². The van der Waals surface area contributed by atoms with Gasteiger partial charge in [-0.3, -0.25) is 4.79 Å². The maximum atomic E-state index is 13.2. The molecule has 0 radical (unpaired) electrons. The van der Waals surface area contributed by atoms with Gasteiger partial charge in [-0.25, -0.2) is 0 Å². The number of carbonyl (C=O) groups is 1. The highest BCUT2D eigenvalue weighted by Crippen LogP contribution is 2.46. The molecular weight excluding hydrogens is 412 g/mol. The van der Waals surface area contributed by atoms with E-state index < -0.39 is 11.3 Å². The van der Waals surface area contributed by atoms with Crippen LogP contribution in [0, 0.1) is 0 Å². The molecule has 180 valence electrons. The van der Waals surface area contributed by atoms with Crippen LogP contribution in [0.25, 0.3) is 0 Å². The van der Waals surface area contributed by atoms with Crippen LogP contribution in [-0.4, -0.2) is 46.9 Å². The molecule has 5 nitrogen and oxygen atoms in total. The summed E-state index contributed by atoms with van der Waals surface area (Å²) in [5, 5.41) is 7.06. The van der Waals surface area contributed by atoms with Crippen molar-refractivity contribution < 1.29 is 14.3 Å². The summed E-state index contributed by atoms with van der Waals surface area (Å²) in [7, 11) is 0. The van der Waals surface area contributed by atoms with E-state index in [1.54, 1.807) is 0 Å². The number of carbonyl (C=O) groups excluding carboxylic acids is 1. The smallest absolute Gasteiger partial charge is 0.254 e. The van der Waals surface area contributed by atoms with Gasteiger partial charge in [0, 0.05) is 23.9 Å². The van der Waals surface area contributed by atoms with E-state index in [-0.39, 0.29) is 17.0 Å². The number of hydrogen-bond donors (Lipinski definition) is 2. The molecule has 2 N–H and O–H groups in total. The van der Waals surface area contributed by atoms with E-state index in [1.807, 2.05) is 0 Å². The average molecular weight is 457 g/mol. The summed E-state index contributed by atoms with van der Waals surface area (Å²) >= 11 is 5.27. The van der Waals surface area contributed by atoms with Crippen LogP contribution < -0.4 is 10.6 Å². The van der Waals surface area contributed by atoms with Crippen LogP contribution in [-0.2, 0) is 14.3 Å². The Morgan fingerprint density at radius 2 is 1.32 bits per heavy atom. The Bertz CT molecular complexity index is 576. The van der Waals surface area contributed by atoms with E-state index in [0.717, 1.165) is 45.1 Å². The van der Waals surface area contributed by atoms with Gasteiger partial charge in [-0.1, -0.05) is 44.9 Å². The van der Waals surface area contributed by atoms with Crippen molar-refractivity contribution in [3.63, 3.8) is 0 Å². The van der Waals surface area contributed by atoms with Gasteiger partial charge in [0.2, 0.25) is 0 Å². The summed E-state index contributed by atoms with van der Waals surface area (Å²) in [6.07, 6.45) is 15.4. The summed E-state index contributed by atoms with van der Waals surface area (Å²) in [5.41, 5.74) is -1.30. The molecule has 4 fully saturated rings. The zero-order chi connectivity index (χ0) is 22.6. The molecule has 1 aliphatic carbocycles. The quantitative estimate of drug-likeness (QED) is 0.407. The van der Waals surface area contributed by atoms with Crippen LogP contribution in [0.2, 0.25) is 0 Å². The maximum Gasteiger partial charge on any atom is 0.254 e. The highest BCUT2D eigenvalue weighted by Gasteiger charge is 2.60. The minimum absolute atomic E-state index is 0.101. The fourth-order valence-corrected chi connectivity index (χ4v) is 6.24. The Hall–Kier alpha value is -0.360. The number of amides is 1. The van der Waals surface area contributed by atoms with E-state index in [0.29, 0.717) is 12.0 Å². The fourth-order valence-electron chi connectivity index (χ4n) is 6.06. The molecule has 0 aromatic rings. The minimum Gasteiger partial charge on any atom is -0.372 e. The lowest BCUT2D eigenvalue weighted by Gasteiger charge is -2.50. The third-order valence-electron chi connectivity index (χ3n) is 7.01. The van der Waals surface area contributed by atoms with Crippen LogP contribution in [0.1, 0.15) is 111 Å². The molecule has 1 unspecified atom stereocenters. The van der Waals surface area contributed by atoms with Crippen LogP contribution in [0.15, 0.2) is 0 Å². The van der Waals surface area contributed by atoms with E-state index >= 15 is 0 Å². The highest BCUT2D eigenvalue weighted by atomic mass is 35.5. The van der Waals surface area contributed by atoms with E-state index in [1.165, 1.54) is 44.9 Å². The van der Waals surface area contributed by atoms with Crippen LogP contribution in [0.3, 0.4) is 0 Å². The number of rotatable bonds is 1. The van der Waals surface area contributed by atoms with Crippen molar-refractivity contribution in [1.82, 2.24) is 10.6 Å². The first-order valence-electron chi connectivity index (χ1n) is 12.6. The Morgan fingerprint density at radius 3 is 1.71 bits per heavy atom. The third-order valence-corrected chi connectivity index (χ3v) is 7.36. The molecule has 0 aromatic heterocycles. The molecule has 3 saturated heterocycles. The van der Waals surface area contributed by atoms with E-state index in [2.05, 4.69) is 38.3 Å². The number of hydrogen-bond acceptors (Lipinski definition) is 4. The van der Waals surface area contributed by atoms with Crippen molar-refractivity contribution in [1.29, 1.82) is 0 Å². The van der Waals surface area contributed by atoms with Gasteiger partial charge >= 0.3 is 0 Å². The molecule has 0 bridgehead atoms. The summed E-state index contributed by atoms with van der Waals surface area (Å²) < 4.78 is 11.5. The van der Waals surface area contributed by atoms with Gasteiger partial charge in [0.05, 0.1) is 18.6 Å². The monoisotopic (exact) mass is 456 g/mol. The molecule has 1 atom stereocenters. The average Bonchev–Trinajstić information content (AvgIpc) is 3.43. The molecule has 0 aromatic carbocycles. The van der Waals surface area contributed by atoms with Crippen molar-refractivity contribution in [2.24, 2.45) is 0 Å². The lowest BCUT2D eigenvalue weighted by atomic mass is 9.72. The number of alkyl halides is 1. The van der Waals surface area contributed by atoms with Crippen LogP contribution in [0.5, 0.6) is 0 Å². The van der Waals surface area contributed by atoms with Crippen molar-refractivity contribution in [2.75, 3.05) is 12.5 Å². The summed E-state index contributed by atoms with van der Waals surface area (Å²) in [6, 6.07) is 0. The number of epoxide rings is 1. The fraction of sp³-hybridized carbons (Fsp3) is 0.960. The first-order valence-corrected chi connectivity index (χ1v) is 13.1. The number of ether oxygens (including phenoxy) is 2. The van der Waals surface area contributed by atoms with Crippen molar-refractivity contribution >= 4 is 17.5 Å². The molecule has 6 heteroatoms. The Morgan fingerprint density at radius 1 is 0.871 bits per heavy atom. The standard InChI is InChI=1S/C22H40N2O2.C3H5ClO/c1-19(2)16-21(17-20(3,4)24-19)18(25)23-22(26-21)14-12-10-8-6-5-7-9-11-13-15-22;4-1-3-2-5-3/h24H,5-17H2,1-4H3,(H,23,25);3H,1-2H2. The Balaban J connectivity index is 0.000000478. The SMILES string of the molecule is CC1(C)CC2(CC(C)(C)N1)OC1(CCCCCCCCCCC1)NC2=O.ClCC1CO1. The predicted octanol–water partition coefficient (Wildman–Crippen LogP) is 5.44. The second kappa shape index (κ2) is 10.3. The largest absolute Gasteiger partial charge is 0.372 e. The Labute approximate surface area is 194 Å². The van der Waals surface area contributed by atoms with Gasteiger partial charge in [0.25, 0.3) is 5.91 Å². The summed E-state index contributed by atoms with van der Waals surface area (Å²) in [6.45, 7) is 9.65. The van der Waals surface area contributed by atoms with E-state index in [4.69, 9.17) is 21.1 Å². The molecule has 1 amide bonds. The molecule has 2 spiro atoms. The molecular formula is C25H45ClN2O3. The summed E-state index contributed by atoms with van der Waals surface area (Å²) in [5.74, 6) is 0.798.